The molecule has 94 valence electrons. The summed E-state index contributed by atoms with van der Waals surface area (Å²) in [5.74, 6) is -0.253. The zero-order valence-electron chi connectivity index (χ0n) is 10.1. The number of benzene rings is 1. The summed E-state index contributed by atoms with van der Waals surface area (Å²) < 4.78 is 12.7. The molecule has 0 spiro atoms. The first kappa shape index (κ1) is 12.5. The van der Waals surface area contributed by atoms with E-state index in [2.05, 4.69) is 4.90 Å². The fourth-order valence-electron chi connectivity index (χ4n) is 2.34. The van der Waals surface area contributed by atoms with Gasteiger partial charge in [-0.05, 0) is 50.0 Å². The Labute approximate surface area is 102 Å². The van der Waals surface area contributed by atoms with Gasteiger partial charge in [-0.1, -0.05) is 18.6 Å². The van der Waals surface area contributed by atoms with Crippen molar-refractivity contribution < 1.29 is 9.50 Å². The highest BCUT2D eigenvalue weighted by Crippen LogP contribution is 2.18. The molecule has 0 aliphatic carbocycles. The number of aliphatic hydroxyl groups is 1. The van der Waals surface area contributed by atoms with Crippen molar-refractivity contribution in [3.63, 3.8) is 0 Å². The molecule has 2 nitrogen and oxygen atoms in total. The molecule has 1 N–H and O–H groups in total. The molecule has 0 aromatic heterocycles. The topological polar surface area (TPSA) is 23.5 Å². The van der Waals surface area contributed by atoms with Gasteiger partial charge in [-0.3, -0.25) is 0 Å². The lowest BCUT2D eigenvalue weighted by molar-refractivity contribution is 0.134. The Kier molecular flexibility index (Phi) is 4.51. The lowest BCUT2D eigenvalue weighted by Crippen LogP contribution is -2.31. The largest absolute Gasteiger partial charge is 0.388 e. The molecule has 17 heavy (non-hydrogen) atoms. The van der Waals surface area contributed by atoms with Crippen LogP contribution in [0, 0.1) is 5.82 Å². The van der Waals surface area contributed by atoms with E-state index in [9.17, 15) is 9.50 Å². The fraction of sp³-hybridized carbons (Fsp3) is 0.571. The van der Waals surface area contributed by atoms with Gasteiger partial charge in [0.15, 0.2) is 0 Å². The van der Waals surface area contributed by atoms with E-state index in [4.69, 9.17) is 0 Å². The van der Waals surface area contributed by atoms with E-state index in [0.717, 1.165) is 31.6 Å². The Morgan fingerprint density at radius 1 is 1.12 bits per heavy atom. The number of nitrogens with zero attached hydrogens (tertiary/aromatic N) is 1. The van der Waals surface area contributed by atoms with E-state index in [1.807, 2.05) is 0 Å². The van der Waals surface area contributed by atoms with E-state index < -0.39 is 6.10 Å². The average Bonchev–Trinajstić information content (AvgIpc) is 2.38. The lowest BCUT2D eigenvalue weighted by atomic mass is 10.1. The highest BCUT2D eigenvalue weighted by atomic mass is 19.1. The second kappa shape index (κ2) is 6.12. The molecule has 1 atom stereocenters. The first-order valence-electron chi connectivity index (χ1n) is 6.41. The van der Waals surface area contributed by atoms with E-state index in [1.165, 1.54) is 31.4 Å². The summed E-state index contributed by atoms with van der Waals surface area (Å²) in [5, 5.41) is 9.99. The Morgan fingerprint density at radius 2 is 1.76 bits per heavy atom. The number of likely N-dealkylation sites (tertiary alicyclic amines) is 1. The van der Waals surface area contributed by atoms with Gasteiger partial charge >= 0.3 is 0 Å². The zero-order valence-corrected chi connectivity index (χ0v) is 10.1. The minimum absolute atomic E-state index is 0.253. The maximum absolute atomic E-state index is 12.7. The number of halogens is 1. The number of rotatable bonds is 4. The average molecular weight is 237 g/mol. The molecule has 2 rings (SSSR count). The Bertz CT molecular complexity index is 333. The van der Waals surface area contributed by atoms with Crippen molar-refractivity contribution in [2.45, 2.75) is 31.8 Å². The van der Waals surface area contributed by atoms with Crippen molar-refractivity contribution in [3.8, 4) is 0 Å². The highest BCUT2D eigenvalue weighted by molar-refractivity contribution is 5.18. The molecule has 0 bridgehead atoms. The van der Waals surface area contributed by atoms with Crippen LogP contribution in [0.1, 0.15) is 37.4 Å². The molecule has 1 heterocycles. The first-order chi connectivity index (χ1) is 8.25. The van der Waals surface area contributed by atoms with Crippen LogP contribution >= 0.6 is 0 Å². The summed E-state index contributed by atoms with van der Waals surface area (Å²) >= 11 is 0. The van der Waals surface area contributed by atoms with Crippen LogP contribution in [0.25, 0.3) is 0 Å². The Hall–Kier alpha value is -0.930. The standard InChI is InChI=1S/C14H20FNO/c15-13-6-4-12(5-7-13)14(17)8-11-16-9-2-1-3-10-16/h4-7,14,17H,1-3,8-11H2/t14-/m0/s1. The zero-order chi connectivity index (χ0) is 12.1. The monoisotopic (exact) mass is 237 g/mol. The van der Waals surface area contributed by atoms with Gasteiger partial charge in [-0.25, -0.2) is 4.39 Å². The van der Waals surface area contributed by atoms with Crippen molar-refractivity contribution in [3.05, 3.63) is 35.6 Å². The number of hydrogen-bond donors (Lipinski definition) is 1. The van der Waals surface area contributed by atoms with Crippen LogP contribution in [0.5, 0.6) is 0 Å². The van der Waals surface area contributed by atoms with Crippen molar-refractivity contribution in [2.24, 2.45) is 0 Å². The molecule has 1 aromatic rings. The second-order valence-electron chi connectivity index (χ2n) is 4.76. The van der Waals surface area contributed by atoms with E-state index in [0.29, 0.717) is 0 Å². The van der Waals surface area contributed by atoms with Crippen LogP contribution in [0.2, 0.25) is 0 Å². The summed E-state index contributed by atoms with van der Waals surface area (Å²) in [6.45, 7) is 3.23. The summed E-state index contributed by atoms with van der Waals surface area (Å²) in [5.41, 5.74) is 0.809. The normalized spacial score (nSPS) is 19.2. The molecule has 0 amide bonds. The number of piperidine rings is 1. The van der Waals surface area contributed by atoms with Gasteiger partial charge in [-0.2, -0.15) is 0 Å². The quantitative estimate of drug-likeness (QED) is 0.870. The number of hydrogen-bond acceptors (Lipinski definition) is 2. The van der Waals surface area contributed by atoms with Crippen LogP contribution in [0.3, 0.4) is 0 Å². The summed E-state index contributed by atoms with van der Waals surface area (Å²) in [7, 11) is 0. The van der Waals surface area contributed by atoms with Crippen LogP contribution in [0.15, 0.2) is 24.3 Å². The van der Waals surface area contributed by atoms with Gasteiger partial charge in [-0.15, -0.1) is 0 Å². The van der Waals surface area contributed by atoms with Gasteiger partial charge in [0.05, 0.1) is 6.10 Å². The molecule has 1 aliphatic heterocycles. The first-order valence-corrected chi connectivity index (χ1v) is 6.41. The maximum Gasteiger partial charge on any atom is 0.123 e. The molecule has 3 heteroatoms. The van der Waals surface area contributed by atoms with Gasteiger partial charge in [0, 0.05) is 6.54 Å². The van der Waals surface area contributed by atoms with E-state index >= 15 is 0 Å². The summed E-state index contributed by atoms with van der Waals surface area (Å²) in [4.78, 5) is 2.40. The van der Waals surface area contributed by atoms with Gasteiger partial charge in [0.25, 0.3) is 0 Å². The van der Waals surface area contributed by atoms with Gasteiger partial charge in [0.2, 0.25) is 0 Å². The Balaban J connectivity index is 1.80. The molecular weight excluding hydrogens is 217 g/mol. The predicted molar refractivity (Wildman–Crippen MR) is 66.3 cm³/mol. The molecular formula is C14H20FNO. The highest BCUT2D eigenvalue weighted by Gasteiger charge is 2.13. The van der Waals surface area contributed by atoms with Crippen molar-refractivity contribution in [1.29, 1.82) is 0 Å². The minimum Gasteiger partial charge on any atom is -0.388 e. The van der Waals surface area contributed by atoms with E-state index in [1.54, 1.807) is 12.1 Å². The lowest BCUT2D eigenvalue weighted by Gasteiger charge is -2.27. The van der Waals surface area contributed by atoms with Crippen LogP contribution in [-0.2, 0) is 0 Å². The predicted octanol–water partition coefficient (Wildman–Crippen LogP) is 2.74. The fourth-order valence-corrected chi connectivity index (χ4v) is 2.34. The third-order valence-corrected chi connectivity index (χ3v) is 3.42. The third kappa shape index (κ3) is 3.79. The molecule has 1 aromatic carbocycles. The van der Waals surface area contributed by atoms with Gasteiger partial charge < -0.3 is 10.0 Å². The Morgan fingerprint density at radius 3 is 2.41 bits per heavy atom. The van der Waals surface area contributed by atoms with E-state index in [-0.39, 0.29) is 5.82 Å². The van der Waals surface area contributed by atoms with Crippen LogP contribution < -0.4 is 0 Å². The summed E-state index contributed by atoms with van der Waals surface area (Å²) in [6, 6.07) is 6.13. The van der Waals surface area contributed by atoms with Crippen LogP contribution in [-0.4, -0.2) is 29.6 Å². The summed E-state index contributed by atoms with van der Waals surface area (Å²) in [6.07, 6.45) is 4.12. The van der Waals surface area contributed by atoms with Crippen LogP contribution in [0.4, 0.5) is 4.39 Å². The number of aliphatic hydroxyl groups excluding tert-OH is 1. The van der Waals surface area contributed by atoms with Gasteiger partial charge in [0.1, 0.15) is 5.82 Å². The van der Waals surface area contributed by atoms with Crippen molar-refractivity contribution in [1.82, 2.24) is 4.90 Å². The second-order valence-corrected chi connectivity index (χ2v) is 4.76. The van der Waals surface area contributed by atoms with Crippen molar-refractivity contribution >= 4 is 0 Å². The molecule has 0 radical (unpaired) electrons. The smallest absolute Gasteiger partial charge is 0.123 e. The molecule has 0 unspecified atom stereocenters. The third-order valence-electron chi connectivity index (χ3n) is 3.42. The SMILES string of the molecule is O[C@@H](CCN1CCCCC1)c1ccc(F)cc1. The maximum atomic E-state index is 12.7. The van der Waals surface area contributed by atoms with Crippen molar-refractivity contribution in [2.75, 3.05) is 19.6 Å². The molecule has 1 aliphatic rings. The molecule has 1 saturated heterocycles. The molecule has 0 saturated carbocycles. The minimum atomic E-state index is -0.475. The molecule has 1 fully saturated rings.